The zero-order chi connectivity index (χ0) is 15.3. The fourth-order valence-corrected chi connectivity index (χ4v) is 3.32. The maximum Gasteiger partial charge on any atom is 0.234 e. The number of nitrogens with one attached hydrogen (secondary N) is 1. The van der Waals surface area contributed by atoms with Gasteiger partial charge in [0.25, 0.3) is 0 Å². The van der Waals surface area contributed by atoms with E-state index in [1.54, 1.807) is 12.0 Å². The van der Waals surface area contributed by atoms with Crippen LogP contribution in [0.25, 0.3) is 0 Å². The van der Waals surface area contributed by atoms with Gasteiger partial charge in [-0.3, -0.25) is 4.79 Å². The third-order valence-electron chi connectivity index (χ3n) is 4.41. The van der Waals surface area contributed by atoms with Gasteiger partial charge in [-0.05, 0) is 37.9 Å². The first kappa shape index (κ1) is 15.8. The van der Waals surface area contributed by atoms with Crippen molar-refractivity contribution in [1.82, 2.24) is 5.32 Å². The first-order valence-electron chi connectivity index (χ1n) is 7.76. The Morgan fingerprint density at radius 1 is 1.43 bits per heavy atom. The molecule has 1 heterocycles. The number of hydrogen-bond acceptors (Lipinski definition) is 3. The van der Waals surface area contributed by atoms with Crippen LogP contribution in [0.5, 0.6) is 5.75 Å². The molecule has 1 amide bonds. The largest absolute Gasteiger partial charge is 0.495 e. The Hall–Kier alpha value is -1.55. The number of anilines is 1. The van der Waals surface area contributed by atoms with Crippen LogP contribution in [-0.2, 0) is 4.79 Å². The van der Waals surface area contributed by atoms with Gasteiger partial charge in [0.05, 0.1) is 18.2 Å². The Morgan fingerprint density at radius 3 is 2.81 bits per heavy atom. The number of piperidine rings is 1. The molecule has 1 aromatic carbocycles. The van der Waals surface area contributed by atoms with Crippen molar-refractivity contribution in [2.24, 2.45) is 5.41 Å². The van der Waals surface area contributed by atoms with E-state index in [0.717, 1.165) is 50.2 Å². The van der Waals surface area contributed by atoms with Crippen LogP contribution < -0.4 is 15.0 Å². The fraction of sp³-hybridized carbons (Fsp3) is 0.588. The summed E-state index contributed by atoms with van der Waals surface area (Å²) in [5.41, 5.74) is 0.564. The van der Waals surface area contributed by atoms with E-state index in [1.165, 1.54) is 0 Å². The lowest BCUT2D eigenvalue weighted by Gasteiger charge is -2.39. The van der Waals surface area contributed by atoms with E-state index in [1.807, 2.05) is 31.3 Å². The van der Waals surface area contributed by atoms with Crippen LogP contribution in [0.1, 0.15) is 32.6 Å². The lowest BCUT2D eigenvalue weighted by molar-refractivity contribution is -0.129. The molecule has 1 aromatic rings. The van der Waals surface area contributed by atoms with E-state index < -0.39 is 0 Å². The number of para-hydroxylation sites is 2. The zero-order valence-corrected chi connectivity index (χ0v) is 13.3. The number of benzene rings is 1. The predicted molar refractivity (Wildman–Crippen MR) is 85.8 cm³/mol. The minimum Gasteiger partial charge on any atom is -0.495 e. The number of methoxy groups -OCH3 is 1. The number of hydrogen-bond donors (Lipinski definition) is 1. The van der Waals surface area contributed by atoms with Gasteiger partial charge in [-0.2, -0.15) is 0 Å². The molecule has 1 fully saturated rings. The third-order valence-corrected chi connectivity index (χ3v) is 4.41. The molecule has 1 N–H and O–H groups in total. The van der Waals surface area contributed by atoms with E-state index in [9.17, 15) is 4.79 Å². The maximum absolute atomic E-state index is 13.1. The number of nitrogens with zero attached hydrogens (tertiary/aromatic N) is 1. The summed E-state index contributed by atoms with van der Waals surface area (Å²) in [6.45, 7) is 3.93. The minimum atomic E-state index is -0.275. The fourth-order valence-electron chi connectivity index (χ4n) is 3.32. The smallest absolute Gasteiger partial charge is 0.234 e. The van der Waals surface area contributed by atoms with Crippen molar-refractivity contribution >= 4 is 11.6 Å². The topological polar surface area (TPSA) is 41.6 Å². The molecule has 21 heavy (non-hydrogen) atoms. The van der Waals surface area contributed by atoms with Gasteiger partial charge in [0.15, 0.2) is 0 Å². The molecule has 1 unspecified atom stereocenters. The Morgan fingerprint density at radius 2 is 2.19 bits per heavy atom. The average Bonchev–Trinajstić information content (AvgIpc) is 2.54. The molecule has 0 saturated carbocycles. The van der Waals surface area contributed by atoms with Crippen molar-refractivity contribution in [3.8, 4) is 5.75 Å². The van der Waals surface area contributed by atoms with Gasteiger partial charge in [-0.1, -0.05) is 25.5 Å². The van der Waals surface area contributed by atoms with Crippen LogP contribution in [-0.4, -0.2) is 33.2 Å². The molecule has 4 heteroatoms. The van der Waals surface area contributed by atoms with Gasteiger partial charge in [-0.15, -0.1) is 0 Å². The van der Waals surface area contributed by atoms with Gasteiger partial charge in [-0.25, -0.2) is 0 Å². The summed E-state index contributed by atoms with van der Waals surface area (Å²) in [7, 11) is 3.49. The van der Waals surface area contributed by atoms with Gasteiger partial charge in [0, 0.05) is 13.6 Å². The normalized spacial score (nSPS) is 21.9. The van der Waals surface area contributed by atoms with Crippen LogP contribution in [0.2, 0.25) is 0 Å². The Balaban J connectivity index is 2.27. The van der Waals surface area contributed by atoms with Crippen LogP contribution in [0.3, 0.4) is 0 Å². The second-order valence-corrected chi connectivity index (χ2v) is 5.85. The van der Waals surface area contributed by atoms with Gasteiger partial charge in [0.1, 0.15) is 5.75 Å². The summed E-state index contributed by atoms with van der Waals surface area (Å²) in [6, 6.07) is 7.69. The molecule has 1 atom stereocenters. The van der Waals surface area contributed by atoms with Gasteiger partial charge < -0.3 is 15.0 Å². The van der Waals surface area contributed by atoms with E-state index in [0.29, 0.717) is 0 Å². The molecule has 4 nitrogen and oxygen atoms in total. The molecule has 0 bridgehead atoms. The van der Waals surface area contributed by atoms with Crippen LogP contribution in [0, 0.1) is 5.41 Å². The Labute approximate surface area is 127 Å². The van der Waals surface area contributed by atoms with Crippen LogP contribution in [0.4, 0.5) is 5.69 Å². The molecule has 2 rings (SSSR count). The van der Waals surface area contributed by atoms with E-state index in [4.69, 9.17) is 4.74 Å². The monoisotopic (exact) mass is 290 g/mol. The molecule has 0 spiro atoms. The quantitative estimate of drug-likeness (QED) is 0.906. The molecule has 1 aliphatic rings. The number of carbonyl (C=O) groups excluding carboxylic acids is 1. The lowest BCUT2D eigenvalue weighted by Crippen LogP contribution is -2.51. The number of rotatable bonds is 5. The second-order valence-electron chi connectivity index (χ2n) is 5.85. The van der Waals surface area contributed by atoms with E-state index in [-0.39, 0.29) is 11.3 Å². The second kappa shape index (κ2) is 6.94. The van der Waals surface area contributed by atoms with Gasteiger partial charge >= 0.3 is 0 Å². The van der Waals surface area contributed by atoms with Crippen molar-refractivity contribution in [3.05, 3.63) is 24.3 Å². The zero-order valence-electron chi connectivity index (χ0n) is 13.3. The van der Waals surface area contributed by atoms with E-state index >= 15 is 0 Å². The summed E-state index contributed by atoms with van der Waals surface area (Å²) >= 11 is 0. The van der Waals surface area contributed by atoms with Crippen molar-refractivity contribution in [2.45, 2.75) is 32.6 Å². The maximum atomic E-state index is 13.1. The Kier molecular flexibility index (Phi) is 5.23. The summed E-state index contributed by atoms with van der Waals surface area (Å²) in [4.78, 5) is 14.9. The molecule has 116 valence electrons. The number of carbonyl (C=O) groups is 1. The molecular weight excluding hydrogens is 264 g/mol. The number of amides is 1. The van der Waals surface area contributed by atoms with Crippen LogP contribution >= 0.6 is 0 Å². The first-order valence-corrected chi connectivity index (χ1v) is 7.76. The summed E-state index contributed by atoms with van der Waals surface area (Å²) < 4.78 is 5.39. The summed E-state index contributed by atoms with van der Waals surface area (Å²) in [5, 5.41) is 3.40. The highest BCUT2D eigenvalue weighted by Crippen LogP contribution is 2.36. The molecule has 0 aromatic heterocycles. The molecule has 1 aliphatic heterocycles. The first-order chi connectivity index (χ1) is 10.1. The standard InChI is InChI=1S/C17H26N2O2/c1-4-10-17(11-7-12-18-13-17)16(20)19(2)14-8-5-6-9-15(14)21-3/h5-6,8-9,18H,4,7,10-13H2,1-3H3. The summed E-state index contributed by atoms with van der Waals surface area (Å²) in [5.74, 6) is 0.935. The molecular formula is C17H26N2O2. The highest BCUT2D eigenvalue weighted by molar-refractivity contribution is 5.98. The van der Waals surface area contributed by atoms with Gasteiger partial charge in [0.2, 0.25) is 5.91 Å². The van der Waals surface area contributed by atoms with Crippen molar-refractivity contribution in [3.63, 3.8) is 0 Å². The van der Waals surface area contributed by atoms with E-state index in [2.05, 4.69) is 12.2 Å². The highest BCUT2D eigenvalue weighted by Gasteiger charge is 2.41. The highest BCUT2D eigenvalue weighted by atomic mass is 16.5. The Bertz CT molecular complexity index is 476. The molecule has 0 aliphatic carbocycles. The predicted octanol–water partition coefficient (Wildman–Crippen LogP) is 2.83. The molecule has 0 radical (unpaired) electrons. The lowest BCUT2D eigenvalue weighted by atomic mass is 9.75. The third kappa shape index (κ3) is 3.21. The average molecular weight is 290 g/mol. The van der Waals surface area contributed by atoms with Crippen molar-refractivity contribution < 1.29 is 9.53 Å². The van der Waals surface area contributed by atoms with Crippen molar-refractivity contribution in [1.29, 1.82) is 0 Å². The summed E-state index contributed by atoms with van der Waals surface area (Å²) in [6.07, 6.45) is 3.98. The number of ether oxygens (including phenoxy) is 1. The minimum absolute atomic E-state index is 0.195. The van der Waals surface area contributed by atoms with Crippen LogP contribution in [0.15, 0.2) is 24.3 Å². The van der Waals surface area contributed by atoms with Crippen molar-refractivity contribution in [2.75, 3.05) is 32.1 Å². The molecule has 1 saturated heterocycles. The SMILES string of the molecule is CCCC1(C(=O)N(C)c2ccccc2OC)CCCNC1.